The van der Waals surface area contributed by atoms with Crippen LogP contribution in [-0.2, 0) is 11.2 Å². The van der Waals surface area contributed by atoms with Gasteiger partial charge in [0.25, 0.3) is 0 Å². The lowest BCUT2D eigenvalue weighted by Gasteiger charge is -2.32. The fourth-order valence-electron chi connectivity index (χ4n) is 2.35. The minimum absolute atomic E-state index is 0.126. The summed E-state index contributed by atoms with van der Waals surface area (Å²) in [6, 6.07) is 10.3. The van der Waals surface area contributed by atoms with Gasteiger partial charge >= 0.3 is 0 Å². The third-order valence-electron chi connectivity index (χ3n) is 3.43. The largest absolute Gasteiger partial charge is 0.340 e. The number of amides is 1. The summed E-state index contributed by atoms with van der Waals surface area (Å²) in [5, 5.41) is 0. The van der Waals surface area contributed by atoms with E-state index in [4.69, 9.17) is 5.73 Å². The van der Waals surface area contributed by atoms with E-state index in [1.807, 2.05) is 23.1 Å². The Kier molecular flexibility index (Phi) is 6.73. The summed E-state index contributed by atoms with van der Waals surface area (Å²) in [6.45, 7) is 9.60. The molecule has 0 aliphatic carbocycles. The predicted molar refractivity (Wildman–Crippen MR) is 84.4 cm³/mol. The summed E-state index contributed by atoms with van der Waals surface area (Å²) in [5.41, 5.74) is 7.01. The fourth-order valence-corrected chi connectivity index (χ4v) is 2.35. The molecule has 0 aromatic heterocycles. The molecular formula is C17H28N2O. The molecular weight excluding hydrogens is 248 g/mol. The summed E-state index contributed by atoms with van der Waals surface area (Å²) in [4.78, 5) is 14.7. The highest BCUT2D eigenvalue weighted by molar-refractivity contribution is 5.79. The number of rotatable bonds is 7. The van der Waals surface area contributed by atoms with E-state index in [1.165, 1.54) is 5.56 Å². The minimum Gasteiger partial charge on any atom is -0.340 e. The van der Waals surface area contributed by atoms with E-state index >= 15 is 0 Å². The second-order valence-electron chi connectivity index (χ2n) is 6.10. The van der Waals surface area contributed by atoms with Gasteiger partial charge < -0.3 is 10.6 Å². The first-order chi connectivity index (χ1) is 9.45. The summed E-state index contributed by atoms with van der Waals surface area (Å²) >= 11 is 0. The average Bonchev–Trinajstić information content (AvgIpc) is 2.42. The van der Waals surface area contributed by atoms with E-state index < -0.39 is 0 Å². The first kappa shape index (κ1) is 16.7. The Bertz CT molecular complexity index is 401. The molecule has 0 radical (unpaired) electrons. The Balaban J connectivity index is 2.78. The van der Waals surface area contributed by atoms with Crippen molar-refractivity contribution < 1.29 is 4.79 Å². The zero-order valence-corrected chi connectivity index (χ0v) is 13.2. The SMILES string of the molecule is CC(C)CN(C(=O)C(CN)Cc1ccccc1)C(C)C. The average molecular weight is 276 g/mol. The molecule has 1 amide bonds. The van der Waals surface area contributed by atoms with Crippen molar-refractivity contribution in [3.63, 3.8) is 0 Å². The molecule has 0 saturated carbocycles. The van der Waals surface area contributed by atoms with Gasteiger partial charge in [-0.2, -0.15) is 0 Å². The van der Waals surface area contributed by atoms with E-state index in [0.717, 1.165) is 13.0 Å². The maximum Gasteiger partial charge on any atom is 0.227 e. The monoisotopic (exact) mass is 276 g/mol. The number of carbonyl (C=O) groups is 1. The Labute approximate surface area is 123 Å². The molecule has 1 rings (SSSR count). The molecule has 2 N–H and O–H groups in total. The Hall–Kier alpha value is -1.35. The summed E-state index contributed by atoms with van der Waals surface area (Å²) in [6.07, 6.45) is 0.720. The van der Waals surface area contributed by atoms with E-state index in [0.29, 0.717) is 12.5 Å². The highest BCUT2D eigenvalue weighted by Crippen LogP contribution is 2.14. The quantitative estimate of drug-likeness (QED) is 0.832. The van der Waals surface area contributed by atoms with Crippen LogP contribution in [0.2, 0.25) is 0 Å². The zero-order chi connectivity index (χ0) is 15.1. The number of nitrogens with zero attached hydrogens (tertiary/aromatic N) is 1. The molecule has 20 heavy (non-hydrogen) atoms. The molecule has 0 spiro atoms. The minimum atomic E-state index is -0.126. The van der Waals surface area contributed by atoms with Gasteiger partial charge in [0, 0.05) is 19.1 Å². The number of hydrogen-bond acceptors (Lipinski definition) is 2. The van der Waals surface area contributed by atoms with Crippen molar-refractivity contribution in [3.8, 4) is 0 Å². The summed E-state index contributed by atoms with van der Waals surface area (Å²) < 4.78 is 0. The standard InChI is InChI=1S/C17H28N2O/c1-13(2)12-19(14(3)4)17(20)16(11-18)10-15-8-6-5-7-9-15/h5-9,13-14,16H,10-12,18H2,1-4H3. The molecule has 0 fully saturated rings. The summed E-state index contributed by atoms with van der Waals surface area (Å²) in [7, 11) is 0. The van der Waals surface area contributed by atoms with Crippen molar-refractivity contribution in [2.75, 3.05) is 13.1 Å². The van der Waals surface area contributed by atoms with Crippen LogP contribution in [0.5, 0.6) is 0 Å². The van der Waals surface area contributed by atoms with Crippen molar-refractivity contribution in [2.24, 2.45) is 17.6 Å². The van der Waals surface area contributed by atoms with E-state index in [-0.39, 0.29) is 17.9 Å². The maximum atomic E-state index is 12.7. The smallest absolute Gasteiger partial charge is 0.227 e. The highest BCUT2D eigenvalue weighted by atomic mass is 16.2. The van der Waals surface area contributed by atoms with Crippen molar-refractivity contribution in [2.45, 2.75) is 40.2 Å². The van der Waals surface area contributed by atoms with Gasteiger partial charge in [-0.3, -0.25) is 4.79 Å². The number of benzene rings is 1. The molecule has 0 aliphatic heterocycles. The number of hydrogen-bond donors (Lipinski definition) is 1. The van der Waals surface area contributed by atoms with Crippen LogP contribution in [0.1, 0.15) is 33.3 Å². The predicted octanol–water partition coefficient (Wildman–Crippen LogP) is 2.70. The third-order valence-corrected chi connectivity index (χ3v) is 3.43. The van der Waals surface area contributed by atoms with Crippen molar-refractivity contribution >= 4 is 5.91 Å². The zero-order valence-electron chi connectivity index (χ0n) is 13.2. The lowest BCUT2D eigenvalue weighted by molar-refractivity contribution is -0.137. The Morgan fingerprint density at radius 3 is 2.20 bits per heavy atom. The maximum absolute atomic E-state index is 12.7. The molecule has 3 nitrogen and oxygen atoms in total. The molecule has 0 aliphatic rings. The first-order valence-corrected chi connectivity index (χ1v) is 7.50. The normalized spacial score (nSPS) is 12.8. The van der Waals surface area contributed by atoms with Gasteiger partial charge in [0.2, 0.25) is 5.91 Å². The van der Waals surface area contributed by atoms with Gasteiger partial charge in [0.1, 0.15) is 0 Å². The topological polar surface area (TPSA) is 46.3 Å². The van der Waals surface area contributed by atoms with Crippen LogP contribution >= 0.6 is 0 Å². The number of nitrogens with two attached hydrogens (primary N) is 1. The van der Waals surface area contributed by atoms with E-state index in [1.54, 1.807) is 0 Å². The molecule has 1 unspecified atom stereocenters. The van der Waals surface area contributed by atoms with E-state index in [9.17, 15) is 4.79 Å². The molecule has 0 heterocycles. The van der Waals surface area contributed by atoms with Crippen LogP contribution < -0.4 is 5.73 Å². The van der Waals surface area contributed by atoms with Crippen molar-refractivity contribution in [1.29, 1.82) is 0 Å². The molecule has 1 aromatic rings. The van der Waals surface area contributed by atoms with Crippen LogP contribution in [0.3, 0.4) is 0 Å². The molecule has 112 valence electrons. The Morgan fingerprint density at radius 1 is 1.15 bits per heavy atom. The molecule has 1 atom stereocenters. The van der Waals surface area contributed by atoms with Gasteiger partial charge in [0.05, 0.1) is 5.92 Å². The Morgan fingerprint density at radius 2 is 1.75 bits per heavy atom. The van der Waals surface area contributed by atoms with Gasteiger partial charge in [-0.15, -0.1) is 0 Å². The molecule has 0 bridgehead atoms. The third kappa shape index (κ3) is 4.97. The summed E-state index contributed by atoms with van der Waals surface area (Å²) in [5.74, 6) is 0.523. The van der Waals surface area contributed by atoms with Gasteiger partial charge in [0.15, 0.2) is 0 Å². The van der Waals surface area contributed by atoms with E-state index in [2.05, 4.69) is 39.8 Å². The lowest BCUT2D eigenvalue weighted by atomic mass is 9.97. The van der Waals surface area contributed by atoms with Crippen LogP contribution in [0.4, 0.5) is 0 Å². The second kappa shape index (κ2) is 8.05. The van der Waals surface area contributed by atoms with Crippen LogP contribution in [0, 0.1) is 11.8 Å². The van der Waals surface area contributed by atoms with Crippen molar-refractivity contribution in [1.82, 2.24) is 4.90 Å². The van der Waals surface area contributed by atoms with Crippen LogP contribution in [0.25, 0.3) is 0 Å². The first-order valence-electron chi connectivity index (χ1n) is 7.50. The lowest BCUT2D eigenvalue weighted by Crippen LogP contribution is -2.45. The van der Waals surface area contributed by atoms with Gasteiger partial charge in [-0.05, 0) is 31.7 Å². The highest BCUT2D eigenvalue weighted by Gasteiger charge is 2.25. The van der Waals surface area contributed by atoms with Crippen LogP contribution in [-0.4, -0.2) is 29.9 Å². The molecule has 3 heteroatoms. The molecule has 0 saturated heterocycles. The van der Waals surface area contributed by atoms with Crippen molar-refractivity contribution in [3.05, 3.63) is 35.9 Å². The number of carbonyl (C=O) groups excluding carboxylic acids is 1. The van der Waals surface area contributed by atoms with Crippen LogP contribution in [0.15, 0.2) is 30.3 Å². The second-order valence-corrected chi connectivity index (χ2v) is 6.10. The van der Waals surface area contributed by atoms with Gasteiger partial charge in [-0.25, -0.2) is 0 Å². The van der Waals surface area contributed by atoms with Gasteiger partial charge in [-0.1, -0.05) is 44.2 Å². The fraction of sp³-hybridized carbons (Fsp3) is 0.588. The molecule has 1 aromatic carbocycles.